The number of cyclic esters (lactones) is 1. The second kappa shape index (κ2) is 7.11. The second-order valence-electron chi connectivity index (χ2n) is 7.71. The summed E-state index contributed by atoms with van der Waals surface area (Å²) in [6.45, 7) is 12.7. The van der Waals surface area contributed by atoms with E-state index in [-0.39, 0.29) is 19.4 Å². The van der Waals surface area contributed by atoms with Crippen LogP contribution in [0, 0.1) is 10.8 Å². The molecule has 1 unspecified atom stereocenters. The molecule has 1 atom stereocenters. The summed E-state index contributed by atoms with van der Waals surface area (Å²) in [5.74, 6) is -1.70. The van der Waals surface area contributed by atoms with Gasteiger partial charge in [0.15, 0.2) is 0 Å². The maximum absolute atomic E-state index is 12.8. The average Bonchev–Trinajstić information content (AvgIpc) is 2.79. The summed E-state index contributed by atoms with van der Waals surface area (Å²) in [6, 6.07) is 0. The van der Waals surface area contributed by atoms with Crippen molar-refractivity contribution < 1.29 is 28.6 Å². The molecule has 0 radical (unpaired) electrons. The molecule has 0 spiro atoms. The van der Waals surface area contributed by atoms with Crippen molar-refractivity contribution in [2.45, 2.75) is 79.4 Å². The Morgan fingerprint density at radius 3 is 2.04 bits per heavy atom. The lowest BCUT2D eigenvalue weighted by molar-refractivity contribution is -0.196. The molecule has 6 heteroatoms. The lowest BCUT2D eigenvalue weighted by Crippen LogP contribution is -2.49. The van der Waals surface area contributed by atoms with Gasteiger partial charge in [0.1, 0.15) is 6.61 Å². The van der Waals surface area contributed by atoms with E-state index in [4.69, 9.17) is 14.2 Å². The predicted molar refractivity (Wildman–Crippen MR) is 88.1 cm³/mol. The average molecular weight is 342 g/mol. The van der Waals surface area contributed by atoms with Gasteiger partial charge in [0, 0.05) is 5.41 Å². The fourth-order valence-corrected chi connectivity index (χ4v) is 2.33. The Morgan fingerprint density at radius 2 is 1.67 bits per heavy atom. The smallest absolute Gasteiger partial charge is 0.351 e. The molecule has 1 heterocycles. The van der Waals surface area contributed by atoms with E-state index in [1.807, 2.05) is 6.92 Å². The summed E-state index contributed by atoms with van der Waals surface area (Å²) in [5.41, 5.74) is -2.68. The number of carbonyl (C=O) groups excluding carboxylic acids is 3. The molecule has 0 bridgehead atoms. The highest BCUT2D eigenvalue weighted by Crippen LogP contribution is 2.34. The molecular weight excluding hydrogens is 312 g/mol. The number of ether oxygens (including phenoxy) is 3. The van der Waals surface area contributed by atoms with Crippen molar-refractivity contribution in [2.24, 2.45) is 10.8 Å². The summed E-state index contributed by atoms with van der Waals surface area (Å²) in [7, 11) is 0. The Labute approximate surface area is 144 Å². The number of carbonyl (C=O) groups is 3. The van der Waals surface area contributed by atoms with Gasteiger partial charge in [-0.2, -0.15) is 0 Å². The zero-order valence-electron chi connectivity index (χ0n) is 15.9. The molecular formula is C18H30O6. The summed E-state index contributed by atoms with van der Waals surface area (Å²) < 4.78 is 16.0. The molecule has 1 fully saturated rings. The van der Waals surface area contributed by atoms with Gasteiger partial charge in [0.2, 0.25) is 11.7 Å². The molecule has 24 heavy (non-hydrogen) atoms. The zero-order chi connectivity index (χ0) is 18.8. The van der Waals surface area contributed by atoms with Crippen LogP contribution in [0.1, 0.15) is 67.7 Å². The SMILES string of the molecule is CCC(C)(C)C(=O)OC(CC)(CC)C(=O)OC1C(=O)OCC1(C)C. The van der Waals surface area contributed by atoms with Crippen LogP contribution in [0.5, 0.6) is 0 Å². The molecule has 1 saturated heterocycles. The molecule has 0 aromatic carbocycles. The summed E-state index contributed by atoms with van der Waals surface area (Å²) in [4.78, 5) is 37.1. The van der Waals surface area contributed by atoms with Gasteiger partial charge in [-0.25, -0.2) is 9.59 Å². The molecule has 0 amide bonds. The van der Waals surface area contributed by atoms with Gasteiger partial charge in [-0.3, -0.25) is 4.79 Å². The van der Waals surface area contributed by atoms with Crippen LogP contribution in [-0.4, -0.2) is 36.2 Å². The van der Waals surface area contributed by atoms with Crippen molar-refractivity contribution in [1.29, 1.82) is 0 Å². The first-order valence-corrected chi connectivity index (χ1v) is 8.57. The lowest BCUT2D eigenvalue weighted by atomic mass is 9.88. The van der Waals surface area contributed by atoms with Gasteiger partial charge in [-0.1, -0.05) is 34.6 Å². The molecule has 1 aliphatic heterocycles. The van der Waals surface area contributed by atoms with Crippen LogP contribution in [0.4, 0.5) is 0 Å². The number of esters is 3. The van der Waals surface area contributed by atoms with Crippen molar-refractivity contribution in [3.63, 3.8) is 0 Å². The van der Waals surface area contributed by atoms with E-state index < -0.39 is 40.4 Å². The van der Waals surface area contributed by atoms with Gasteiger partial charge < -0.3 is 14.2 Å². The maximum Gasteiger partial charge on any atom is 0.351 e. The van der Waals surface area contributed by atoms with Crippen molar-refractivity contribution in [1.82, 2.24) is 0 Å². The van der Waals surface area contributed by atoms with E-state index in [9.17, 15) is 14.4 Å². The first kappa shape index (κ1) is 20.5. The third kappa shape index (κ3) is 3.90. The standard InChI is InChI=1S/C18H30O6/c1-8-16(4,5)14(20)24-18(9-2,10-3)15(21)23-12-13(19)22-11-17(12,6)7/h12H,8-11H2,1-7H3. The molecule has 6 nitrogen and oxygen atoms in total. The highest BCUT2D eigenvalue weighted by molar-refractivity contribution is 5.88. The Morgan fingerprint density at radius 1 is 1.12 bits per heavy atom. The monoisotopic (exact) mass is 342 g/mol. The predicted octanol–water partition coefficient (Wildman–Crippen LogP) is 3.02. The van der Waals surface area contributed by atoms with E-state index in [1.54, 1.807) is 41.5 Å². The van der Waals surface area contributed by atoms with Crippen molar-refractivity contribution in [2.75, 3.05) is 6.61 Å². The van der Waals surface area contributed by atoms with Crippen LogP contribution >= 0.6 is 0 Å². The topological polar surface area (TPSA) is 78.9 Å². The Bertz CT molecular complexity index is 502. The van der Waals surface area contributed by atoms with Crippen LogP contribution in [0.15, 0.2) is 0 Å². The van der Waals surface area contributed by atoms with Crippen LogP contribution < -0.4 is 0 Å². The largest absolute Gasteiger partial charge is 0.462 e. The summed E-state index contributed by atoms with van der Waals surface area (Å²) >= 11 is 0. The minimum atomic E-state index is -1.39. The van der Waals surface area contributed by atoms with Crippen LogP contribution in [0.25, 0.3) is 0 Å². The molecule has 138 valence electrons. The van der Waals surface area contributed by atoms with Crippen LogP contribution in [0.3, 0.4) is 0 Å². The minimum Gasteiger partial charge on any atom is -0.462 e. The molecule has 0 N–H and O–H groups in total. The van der Waals surface area contributed by atoms with E-state index >= 15 is 0 Å². The summed E-state index contributed by atoms with van der Waals surface area (Å²) in [6.07, 6.45) is 0.152. The Kier molecular flexibility index (Phi) is 6.06. The van der Waals surface area contributed by atoms with Gasteiger partial charge >= 0.3 is 17.9 Å². The fraction of sp³-hybridized carbons (Fsp3) is 0.833. The number of hydrogen-bond donors (Lipinski definition) is 0. The third-order valence-electron chi connectivity index (χ3n) is 4.97. The first-order valence-electron chi connectivity index (χ1n) is 8.57. The molecule has 0 saturated carbocycles. The highest BCUT2D eigenvalue weighted by Gasteiger charge is 2.51. The molecule has 0 aromatic rings. The molecule has 1 rings (SSSR count). The van der Waals surface area contributed by atoms with E-state index in [2.05, 4.69) is 0 Å². The summed E-state index contributed by atoms with van der Waals surface area (Å²) in [5, 5.41) is 0. The van der Waals surface area contributed by atoms with Gasteiger partial charge in [-0.15, -0.1) is 0 Å². The highest BCUT2D eigenvalue weighted by atomic mass is 16.6. The second-order valence-corrected chi connectivity index (χ2v) is 7.71. The molecule has 0 aliphatic carbocycles. The first-order chi connectivity index (χ1) is 11.0. The maximum atomic E-state index is 12.8. The molecule has 0 aromatic heterocycles. The fourth-order valence-electron chi connectivity index (χ4n) is 2.33. The number of hydrogen-bond acceptors (Lipinski definition) is 6. The lowest BCUT2D eigenvalue weighted by Gasteiger charge is -2.34. The zero-order valence-corrected chi connectivity index (χ0v) is 15.9. The van der Waals surface area contributed by atoms with E-state index in [0.29, 0.717) is 6.42 Å². The Hall–Kier alpha value is -1.59. The van der Waals surface area contributed by atoms with Crippen molar-refractivity contribution in [3.8, 4) is 0 Å². The minimum absolute atomic E-state index is 0.192. The quantitative estimate of drug-likeness (QED) is 0.523. The van der Waals surface area contributed by atoms with Crippen molar-refractivity contribution in [3.05, 3.63) is 0 Å². The molecule has 1 aliphatic rings. The third-order valence-corrected chi connectivity index (χ3v) is 4.97. The van der Waals surface area contributed by atoms with Gasteiger partial charge in [0.25, 0.3) is 0 Å². The van der Waals surface area contributed by atoms with E-state index in [0.717, 1.165) is 0 Å². The van der Waals surface area contributed by atoms with Crippen LogP contribution in [-0.2, 0) is 28.6 Å². The van der Waals surface area contributed by atoms with E-state index in [1.165, 1.54) is 0 Å². The van der Waals surface area contributed by atoms with Crippen molar-refractivity contribution >= 4 is 17.9 Å². The number of rotatable bonds is 7. The normalized spacial score (nSPS) is 20.5. The van der Waals surface area contributed by atoms with Gasteiger partial charge in [0.05, 0.1) is 5.41 Å². The Balaban J connectivity index is 3.00. The van der Waals surface area contributed by atoms with Crippen LogP contribution in [0.2, 0.25) is 0 Å². The van der Waals surface area contributed by atoms with Gasteiger partial charge in [-0.05, 0) is 33.1 Å².